The maximum Gasteiger partial charge on any atom is 0.254 e. The van der Waals surface area contributed by atoms with E-state index in [1.165, 1.54) is 0 Å². The minimum Gasteiger partial charge on any atom is -0.497 e. The summed E-state index contributed by atoms with van der Waals surface area (Å²) in [4.78, 5) is 30.9. The van der Waals surface area contributed by atoms with Crippen LogP contribution >= 0.6 is 0 Å². The lowest BCUT2D eigenvalue weighted by Crippen LogP contribution is -2.39. The molecule has 30 heavy (non-hydrogen) atoms. The van der Waals surface area contributed by atoms with Crippen LogP contribution in [0.3, 0.4) is 0 Å². The third kappa shape index (κ3) is 4.03. The molecule has 3 aromatic rings. The molecule has 1 aliphatic carbocycles. The average Bonchev–Trinajstić information content (AvgIpc) is 3.31. The molecule has 6 heteroatoms. The predicted octanol–water partition coefficient (Wildman–Crippen LogP) is 4.13. The van der Waals surface area contributed by atoms with Gasteiger partial charge in [0.25, 0.3) is 11.5 Å². The first-order valence-electron chi connectivity index (χ1n) is 10.2. The van der Waals surface area contributed by atoms with E-state index in [0.717, 1.165) is 42.3 Å². The number of rotatable bonds is 6. The lowest BCUT2D eigenvalue weighted by Gasteiger charge is -2.29. The molecule has 0 radical (unpaired) electrons. The van der Waals surface area contributed by atoms with E-state index in [-0.39, 0.29) is 24.1 Å². The van der Waals surface area contributed by atoms with Gasteiger partial charge in [0.2, 0.25) is 0 Å². The molecular weight excluding hydrogens is 380 g/mol. The lowest BCUT2D eigenvalue weighted by molar-refractivity contribution is 0.0664. The van der Waals surface area contributed by atoms with E-state index in [9.17, 15) is 9.59 Å². The van der Waals surface area contributed by atoms with Crippen LogP contribution in [-0.4, -0.2) is 36.1 Å². The van der Waals surface area contributed by atoms with E-state index in [1.54, 1.807) is 38.5 Å². The van der Waals surface area contributed by atoms with Gasteiger partial charge < -0.3 is 19.4 Å². The van der Waals surface area contributed by atoms with Crippen LogP contribution in [0.2, 0.25) is 0 Å². The zero-order chi connectivity index (χ0) is 21.1. The molecule has 4 rings (SSSR count). The molecule has 1 heterocycles. The van der Waals surface area contributed by atoms with Crippen molar-refractivity contribution in [2.45, 2.75) is 38.3 Å². The summed E-state index contributed by atoms with van der Waals surface area (Å²) in [5.74, 6) is 1.37. The van der Waals surface area contributed by atoms with Crippen LogP contribution in [0.5, 0.6) is 11.5 Å². The maximum atomic E-state index is 13.4. The Morgan fingerprint density at radius 1 is 1.00 bits per heavy atom. The van der Waals surface area contributed by atoms with Gasteiger partial charge in [0.15, 0.2) is 0 Å². The fraction of sp³-hybridized carbons (Fsp3) is 0.333. The van der Waals surface area contributed by atoms with Crippen molar-refractivity contribution >= 4 is 16.8 Å². The van der Waals surface area contributed by atoms with Crippen molar-refractivity contribution in [1.82, 2.24) is 9.88 Å². The second-order valence-electron chi connectivity index (χ2n) is 7.68. The molecule has 0 atom stereocenters. The van der Waals surface area contributed by atoms with Crippen LogP contribution in [0.25, 0.3) is 10.9 Å². The van der Waals surface area contributed by atoms with Crippen LogP contribution < -0.4 is 15.0 Å². The predicted molar refractivity (Wildman–Crippen MR) is 116 cm³/mol. The Labute approximate surface area is 175 Å². The van der Waals surface area contributed by atoms with Crippen LogP contribution in [0.4, 0.5) is 0 Å². The first kappa shape index (κ1) is 20.0. The molecule has 156 valence electrons. The summed E-state index contributed by atoms with van der Waals surface area (Å²) >= 11 is 0. The normalized spacial score (nSPS) is 14.1. The number of carbonyl (C=O) groups excluding carboxylic acids is 1. The summed E-state index contributed by atoms with van der Waals surface area (Å²) in [6, 6.07) is 14.7. The summed E-state index contributed by atoms with van der Waals surface area (Å²) in [6.07, 6.45) is 4.12. The monoisotopic (exact) mass is 406 g/mol. The Morgan fingerprint density at radius 3 is 2.33 bits per heavy atom. The Bertz CT molecular complexity index is 1100. The number of H-pyrrole nitrogens is 1. The molecule has 0 unspecified atom stereocenters. The number of carbonyl (C=O) groups is 1. The van der Waals surface area contributed by atoms with Crippen molar-refractivity contribution in [2.24, 2.45) is 0 Å². The number of benzene rings is 2. The third-order valence-electron chi connectivity index (χ3n) is 5.83. The van der Waals surface area contributed by atoms with E-state index in [1.807, 2.05) is 29.2 Å². The highest BCUT2D eigenvalue weighted by Gasteiger charge is 2.28. The number of nitrogens with zero attached hydrogens (tertiary/aromatic N) is 1. The Balaban J connectivity index is 1.68. The van der Waals surface area contributed by atoms with Gasteiger partial charge in [-0.05, 0) is 61.4 Å². The summed E-state index contributed by atoms with van der Waals surface area (Å²) in [5.41, 5.74) is 1.75. The first-order chi connectivity index (χ1) is 14.6. The maximum absolute atomic E-state index is 13.4. The van der Waals surface area contributed by atoms with Gasteiger partial charge >= 0.3 is 0 Å². The second-order valence-corrected chi connectivity index (χ2v) is 7.68. The van der Waals surface area contributed by atoms with Gasteiger partial charge in [-0.3, -0.25) is 9.59 Å². The average molecular weight is 406 g/mol. The van der Waals surface area contributed by atoms with Crippen LogP contribution in [0, 0.1) is 0 Å². The van der Waals surface area contributed by atoms with Gasteiger partial charge in [-0.15, -0.1) is 0 Å². The molecule has 1 fully saturated rings. The molecule has 0 bridgehead atoms. The van der Waals surface area contributed by atoms with Crippen LogP contribution in [0.1, 0.15) is 41.6 Å². The molecule has 0 saturated heterocycles. The van der Waals surface area contributed by atoms with E-state index in [2.05, 4.69) is 4.98 Å². The highest BCUT2D eigenvalue weighted by atomic mass is 16.5. The minimum absolute atomic E-state index is 0.0605. The molecule has 0 spiro atoms. The number of hydrogen-bond acceptors (Lipinski definition) is 4. The van der Waals surface area contributed by atoms with E-state index in [0.29, 0.717) is 16.9 Å². The van der Waals surface area contributed by atoms with Crippen molar-refractivity contribution in [1.29, 1.82) is 0 Å². The van der Waals surface area contributed by atoms with Crippen molar-refractivity contribution in [2.75, 3.05) is 14.2 Å². The smallest absolute Gasteiger partial charge is 0.254 e. The fourth-order valence-electron chi connectivity index (χ4n) is 4.14. The van der Waals surface area contributed by atoms with Gasteiger partial charge in [-0.1, -0.05) is 12.8 Å². The number of ether oxygens (including phenoxy) is 2. The number of aromatic amines is 1. The molecule has 1 amide bonds. The molecule has 1 saturated carbocycles. The summed E-state index contributed by atoms with van der Waals surface area (Å²) in [5, 5.41) is 0.882. The SMILES string of the molecule is COc1ccc(C(=O)N(Cc2cc3cc(OC)ccc3[nH]c2=O)C2CCCC2)cc1. The van der Waals surface area contributed by atoms with Crippen molar-refractivity contribution in [3.05, 3.63) is 70.0 Å². The number of pyridine rings is 1. The van der Waals surface area contributed by atoms with Gasteiger partial charge in [-0.2, -0.15) is 0 Å². The molecular formula is C24H26N2O4. The minimum atomic E-state index is -0.168. The zero-order valence-electron chi connectivity index (χ0n) is 17.3. The molecule has 2 aromatic carbocycles. The van der Waals surface area contributed by atoms with Gasteiger partial charge in [0, 0.05) is 28.1 Å². The molecule has 6 nitrogen and oxygen atoms in total. The van der Waals surface area contributed by atoms with Crippen molar-refractivity contribution in [3.63, 3.8) is 0 Å². The summed E-state index contributed by atoms with van der Waals surface area (Å²) in [6.45, 7) is 0.276. The second kappa shape index (κ2) is 8.61. The molecule has 0 aliphatic heterocycles. The Kier molecular flexibility index (Phi) is 5.74. The van der Waals surface area contributed by atoms with Crippen molar-refractivity contribution < 1.29 is 14.3 Å². The highest BCUT2D eigenvalue weighted by Crippen LogP contribution is 2.27. The van der Waals surface area contributed by atoms with E-state index in [4.69, 9.17) is 9.47 Å². The molecule has 1 N–H and O–H groups in total. The Morgan fingerprint density at radius 2 is 1.67 bits per heavy atom. The van der Waals surface area contributed by atoms with Gasteiger partial charge in [-0.25, -0.2) is 0 Å². The van der Waals surface area contributed by atoms with Crippen molar-refractivity contribution in [3.8, 4) is 11.5 Å². The van der Waals surface area contributed by atoms with E-state index >= 15 is 0 Å². The number of nitrogens with one attached hydrogen (secondary N) is 1. The van der Waals surface area contributed by atoms with Crippen LogP contribution in [0.15, 0.2) is 53.3 Å². The molecule has 1 aromatic heterocycles. The largest absolute Gasteiger partial charge is 0.497 e. The quantitative estimate of drug-likeness (QED) is 0.668. The number of amides is 1. The van der Waals surface area contributed by atoms with Crippen LogP contribution in [-0.2, 0) is 6.54 Å². The number of aromatic nitrogens is 1. The lowest BCUT2D eigenvalue weighted by atomic mass is 10.1. The number of fused-ring (bicyclic) bond motifs is 1. The molecule has 1 aliphatic rings. The zero-order valence-corrected chi connectivity index (χ0v) is 17.3. The topological polar surface area (TPSA) is 71.6 Å². The van der Waals surface area contributed by atoms with Gasteiger partial charge in [0.05, 0.1) is 20.8 Å². The van der Waals surface area contributed by atoms with E-state index < -0.39 is 0 Å². The standard InChI is InChI=1S/C24H26N2O4/c1-29-20-9-7-16(8-10-20)24(28)26(19-5-3-4-6-19)15-18-13-17-14-21(30-2)11-12-22(17)25-23(18)27/h7-14,19H,3-6,15H2,1-2H3,(H,25,27). The number of methoxy groups -OCH3 is 2. The first-order valence-corrected chi connectivity index (χ1v) is 10.2. The summed E-state index contributed by atoms with van der Waals surface area (Å²) < 4.78 is 10.5. The third-order valence-corrected chi connectivity index (χ3v) is 5.83. The van der Waals surface area contributed by atoms with Gasteiger partial charge in [0.1, 0.15) is 11.5 Å². The Hall–Kier alpha value is -3.28. The fourth-order valence-corrected chi connectivity index (χ4v) is 4.14. The highest BCUT2D eigenvalue weighted by molar-refractivity contribution is 5.94. The summed E-state index contributed by atoms with van der Waals surface area (Å²) in [7, 11) is 3.21. The number of hydrogen-bond donors (Lipinski definition) is 1.